The summed E-state index contributed by atoms with van der Waals surface area (Å²) in [5.74, 6) is 2.15. The molecular weight excluding hydrogens is 306 g/mol. The standard InChI is InChI=1S/C10H14BrN3O2S/c1-2-17-5-3-4-13-10-8(11)6-12-7-9(10)14(15)16/h6-7H,2-5H2,1H3,(H,12,13). The lowest BCUT2D eigenvalue weighted by atomic mass is 10.3. The summed E-state index contributed by atoms with van der Waals surface area (Å²) >= 11 is 5.12. The predicted octanol–water partition coefficient (Wildman–Crippen LogP) is 3.31. The number of hydrogen-bond acceptors (Lipinski definition) is 5. The summed E-state index contributed by atoms with van der Waals surface area (Å²) in [7, 11) is 0. The van der Waals surface area contributed by atoms with Crippen molar-refractivity contribution in [3.63, 3.8) is 0 Å². The minimum absolute atomic E-state index is 0.00233. The van der Waals surface area contributed by atoms with Gasteiger partial charge in [-0.15, -0.1) is 0 Å². The van der Waals surface area contributed by atoms with Crippen LogP contribution in [0, 0.1) is 10.1 Å². The van der Waals surface area contributed by atoms with Crippen molar-refractivity contribution in [1.82, 2.24) is 4.98 Å². The van der Waals surface area contributed by atoms with E-state index in [1.54, 1.807) is 6.20 Å². The first kappa shape index (κ1) is 14.2. The second kappa shape index (κ2) is 7.50. The molecule has 1 rings (SSSR count). The van der Waals surface area contributed by atoms with Crippen LogP contribution in [0.2, 0.25) is 0 Å². The fourth-order valence-corrected chi connectivity index (χ4v) is 2.37. The highest BCUT2D eigenvalue weighted by atomic mass is 79.9. The molecule has 1 aromatic rings. The number of halogens is 1. The molecule has 17 heavy (non-hydrogen) atoms. The van der Waals surface area contributed by atoms with E-state index in [0.717, 1.165) is 24.5 Å². The third-order valence-corrected chi connectivity index (χ3v) is 3.63. The van der Waals surface area contributed by atoms with Crippen molar-refractivity contribution in [2.24, 2.45) is 0 Å². The zero-order valence-electron chi connectivity index (χ0n) is 9.48. The Morgan fingerprint density at radius 2 is 2.35 bits per heavy atom. The molecule has 0 spiro atoms. The van der Waals surface area contributed by atoms with Gasteiger partial charge in [-0.25, -0.2) is 0 Å². The molecule has 0 amide bonds. The monoisotopic (exact) mass is 319 g/mol. The van der Waals surface area contributed by atoms with E-state index in [1.807, 2.05) is 11.8 Å². The molecule has 0 saturated carbocycles. The van der Waals surface area contributed by atoms with Gasteiger partial charge in [0, 0.05) is 12.7 Å². The fraction of sp³-hybridized carbons (Fsp3) is 0.500. The van der Waals surface area contributed by atoms with E-state index in [1.165, 1.54) is 6.20 Å². The highest BCUT2D eigenvalue weighted by Gasteiger charge is 2.16. The second-order valence-electron chi connectivity index (χ2n) is 3.25. The number of hydrogen-bond donors (Lipinski definition) is 1. The summed E-state index contributed by atoms with van der Waals surface area (Å²) in [6.45, 7) is 2.83. The summed E-state index contributed by atoms with van der Waals surface area (Å²) in [6, 6.07) is 0. The first-order chi connectivity index (χ1) is 8.16. The lowest BCUT2D eigenvalue weighted by molar-refractivity contribution is -0.384. The number of rotatable bonds is 7. The SMILES string of the molecule is CCSCCCNc1c(Br)cncc1[N+](=O)[O-]. The average Bonchev–Trinajstić information content (AvgIpc) is 2.30. The molecule has 0 bridgehead atoms. The summed E-state index contributed by atoms with van der Waals surface area (Å²) in [5, 5.41) is 13.9. The van der Waals surface area contributed by atoms with E-state index in [4.69, 9.17) is 0 Å². The fourth-order valence-electron chi connectivity index (χ4n) is 1.27. The summed E-state index contributed by atoms with van der Waals surface area (Å²) in [5.41, 5.74) is 0.508. The molecule has 5 nitrogen and oxygen atoms in total. The normalized spacial score (nSPS) is 10.2. The van der Waals surface area contributed by atoms with Gasteiger partial charge in [0.2, 0.25) is 0 Å². The van der Waals surface area contributed by atoms with Crippen molar-refractivity contribution in [1.29, 1.82) is 0 Å². The molecular formula is C10H14BrN3O2S. The molecule has 0 radical (unpaired) electrons. The smallest absolute Gasteiger partial charge is 0.311 e. The van der Waals surface area contributed by atoms with Crippen LogP contribution in [0.3, 0.4) is 0 Å². The number of anilines is 1. The first-order valence-electron chi connectivity index (χ1n) is 5.26. The minimum atomic E-state index is -0.430. The molecule has 0 aliphatic rings. The number of nitrogens with zero attached hydrogens (tertiary/aromatic N) is 2. The highest BCUT2D eigenvalue weighted by Crippen LogP contribution is 2.30. The van der Waals surface area contributed by atoms with Gasteiger partial charge in [-0.1, -0.05) is 6.92 Å². The maximum absolute atomic E-state index is 10.8. The Bertz CT molecular complexity index is 390. The van der Waals surface area contributed by atoms with Gasteiger partial charge in [-0.3, -0.25) is 15.1 Å². The third kappa shape index (κ3) is 4.51. The molecule has 0 aliphatic carbocycles. The first-order valence-corrected chi connectivity index (χ1v) is 7.21. The maximum Gasteiger partial charge on any atom is 0.311 e. The molecule has 7 heteroatoms. The average molecular weight is 320 g/mol. The Kier molecular flexibility index (Phi) is 6.28. The van der Waals surface area contributed by atoms with Gasteiger partial charge in [-0.2, -0.15) is 11.8 Å². The predicted molar refractivity (Wildman–Crippen MR) is 74.7 cm³/mol. The van der Waals surface area contributed by atoms with E-state index in [0.29, 0.717) is 10.2 Å². The van der Waals surface area contributed by atoms with Crippen LogP contribution >= 0.6 is 27.7 Å². The Morgan fingerprint density at radius 1 is 1.59 bits per heavy atom. The van der Waals surface area contributed by atoms with Crippen molar-refractivity contribution in [2.75, 3.05) is 23.4 Å². The summed E-state index contributed by atoms with van der Waals surface area (Å²) in [6.07, 6.45) is 3.79. The molecule has 0 aliphatic heterocycles. The minimum Gasteiger partial charge on any atom is -0.378 e. The molecule has 0 saturated heterocycles. The van der Waals surface area contributed by atoms with E-state index in [9.17, 15) is 10.1 Å². The Hall–Kier alpha value is -0.820. The van der Waals surface area contributed by atoms with Gasteiger partial charge < -0.3 is 5.32 Å². The Morgan fingerprint density at radius 3 is 3.00 bits per heavy atom. The molecule has 94 valence electrons. The molecule has 1 N–H and O–H groups in total. The van der Waals surface area contributed by atoms with Gasteiger partial charge >= 0.3 is 5.69 Å². The Labute approximate surface area is 113 Å². The lowest BCUT2D eigenvalue weighted by Crippen LogP contribution is -2.06. The highest BCUT2D eigenvalue weighted by molar-refractivity contribution is 9.10. The van der Waals surface area contributed by atoms with Crippen LogP contribution < -0.4 is 5.32 Å². The molecule has 1 aromatic heterocycles. The quantitative estimate of drug-likeness (QED) is 0.474. The Balaban J connectivity index is 2.60. The maximum atomic E-state index is 10.8. The van der Waals surface area contributed by atoms with E-state index in [2.05, 4.69) is 33.2 Å². The second-order valence-corrected chi connectivity index (χ2v) is 5.50. The number of nitro groups is 1. The van der Waals surface area contributed by atoms with Crippen molar-refractivity contribution < 1.29 is 4.92 Å². The van der Waals surface area contributed by atoms with E-state index in [-0.39, 0.29) is 5.69 Å². The van der Waals surface area contributed by atoms with Gasteiger partial charge in [0.05, 0.1) is 9.40 Å². The number of aromatic nitrogens is 1. The number of thioether (sulfide) groups is 1. The summed E-state index contributed by atoms with van der Waals surface area (Å²) < 4.78 is 0.620. The summed E-state index contributed by atoms with van der Waals surface area (Å²) in [4.78, 5) is 14.2. The van der Waals surface area contributed by atoms with Crippen molar-refractivity contribution in [3.8, 4) is 0 Å². The molecule has 1 heterocycles. The van der Waals surface area contributed by atoms with Gasteiger partial charge in [0.25, 0.3) is 0 Å². The van der Waals surface area contributed by atoms with Crippen LogP contribution in [-0.4, -0.2) is 28.0 Å². The van der Waals surface area contributed by atoms with Crippen LogP contribution in [0.25, 0.3) is 0 Å². The van der Waals surface area contributed by atoms with Crippen LogP contribution in [0.5, 0.6) is 0 Å². The largest absolute Gasteiger partial charge is 0.378 e. The van der Waals surface area contributed by atoms with Crippen LogP contribution in [0.15, 0.2) is 16.9 Å². The van der Waals surface area contributed by atoms with Gasteiger partial charge in [0.1, 0.15) is 11.9 Å². The number of pyridine rings is 1. The van der Waals surface area contributed by atoms with Crippen LogP contribution in [-0.2, 0) is 0 Å². The van der Waals surface area contributed by atoms with E-state index < -0.39 is 4.92 Å². The molecule has 0 unspecified atom stereocenters. The van der Waals surface area contributed by atoms with Crippen LogP contribution in [0.4, 0.5) is 11.4 Å². The number of nitrogens with one attached hydrogen (secondary N) is 1. The van der Waals surface area contributed by atoms with Crippen molar-refractivity contribution in [2.45, 2.75) is 13.3 Å². The molecule has 0 fully saturated rings. The third-order valence-electron chi connectivity index (χ3n) is 2.05. The van der Waals surface area contributed by atoms with E-state index >= 15 is 0 Å². The molecule has 0 aromatic carbocycles. The van der Waals surface area contributed by atoms with Gasteiger partial charge in [-0.05, 0) is 33.9 Å². The topological polar surface area (TPSA) is 68.1 Å². The van der Waals surface area contributed by atoms with Gasteiger partial charge in [0.15, 0.2) is 0 Å². The molecule has 0 atom stereocenters. The zero-order chi connectivity index (χ0) is 12.7. The van der Waals surface area contributed by atoms with Crippen LogP contribution in [0.1, 0.15) is 13.3 Å². The van der Waals surface area contributed by atoms with Crippen molar-refractivity contribution >= 4 is 39.1 Å². The zero-order valence-corrected chi connectivity index (χ0v) is 11.9. The van der Waals surface area contributed by atoms with Crippen molar-refractivity contribution in [3.05, 3.63) is 27.0 Å². The lowest BCUT2D eigenvalue weighted by Gasteiger charge is -2.08.